The number of aldehydes is 1. The van der Waals surface area contributed by atoms with Gasteiger partial charge < -0.3 is 5.11 Å². The van der Waals surface area contributed by atoms with Gasteiger partial charge in [0.05, 0.1) is 5.56 Å². The number of aromatic nitrogens is 1. The normalized spacial score (nSPS) is 10.5. The number of carbonyl (C=O) groups is 1. The summed E-state index contributed by atoms with van der Waals surface area (Å²) in [4.78, 5) is 13.7. The Morgan fingerprint density at radius 1 is 1.62 bits per heavy atom. The average Bonchev–Trinajstić information content (AvgIpc) is 2.09. The molecule has 0 unspecified atom stereocenters. The molecule has 0 saturated heterocycles. The fourth-order valence-corrected chi connectivity index (χ4v) is 1.34. The van der Waals surface area contributed by atoms with Gasteiger partial charge in [-0.2, -0.15) is 0 Å². The number of nitrogens with zero attached hydrogens (tertiary/aromatic N) is 1. The number of halogens is 3. The standard InChI is InChI=1S/C7H4F2INO2/c8-6(9)4-1-3(2-12)5(13)7(10)11-4/h1-2,6,13H. The van der Waals surface area contributed by atoms with Crippen molar-refractivity contribution in [3.05, 3.63) is 21.0 Å². The first kappa shape index (κ1) is 10.3. The van der Waals surface area contributed by atoms with Gasteiger partial charge in [-0.1, -0.05) is 0 Å². The van der Waals surface area contributed by atoms with Gasteiger partial charge in [0.2, 0.25) is 0 Å². The minimum atomic E-state index is -2.74. The molecule has 1 aromatic heterocycles. The van der Waals surface area contributed by atoms with Crippen LogP contribution in [0, 0.1) is 3.70 Å². The van der Waals surface area contributed by atoms with E-state index >= 15 is 0 Å². The minimum Gasteiger partial charge on any atom is -0.505 e. The Morgan fingerprint density at radius 2 is 2.23 bits per heavy atom. The number of alkyl halides is 2. The van der Waals surface area contributed by atoms with Crippen molar-refractivity contribution in [1.29, 1.82) is 0 Å². The molecule has 70 valence electrons. The predicted octanol–water partition coefficient (Wildman–Crippen LogP) is 2.14. The van der Waals surface area contributed by atoms with Crippen molar-refractivity contribution in [2.45, 2.75) is 6.43 Å². The molecule has 0 aliphatic carbocycles. The van der Waals surface area contributed by atoms with Crippen molar-refractivity contribution in [3.8, 4) is 5.75 Å². The van der Waals surface area contributed by atoms with E-state index in [4.69, 9.17) is 5.11 Å². The molecule has 1 rings (SSSR count). The molecule has 0 atom stereocenters. The molecule has 3 nitrogen and oxygen atoms in total. The molecule has 1 N–H and O–H groups in total. The van der Waals surface area contributed by atoms with Gasteiger partial charge in [-0.15, -0.1) is 0 Å². The molecule has 0 bridgehead atoms. The Bertz CT molecular complexity index is 344. The first-order valence-electron chi connectivity index (χ1n) is 3.19. The molecule has 0 saturated carbocycles. The monoisotopic (exact) mass is 299 g/mol. The van der Waals surface area contributed by atoms with Crippen molar-refractivity contribution in [1.82, 2.24) is 4.98 Å². The van der Waals surface area contributed by atoms with E-state index in [1.165, 1.54) is 0 Å². The number of aromatic hydroxyl groups is 1. The molecule has 1 heterocycles. The van der Waals surface area contributed by atoms with E-state index in [0.717, 1.165) is 6.07 Å². The summed E-state index contributed by atoms with van der Waals surface area (Å²) in [5.41, 5.74) is -0.681. The topological polar surface area (TPSA) is 50.2 Å². The summed E-state index contributed by atoms with van der Waals surface area (Å²) in [6.45, 7) is 0. The van der Waals surface area contributed by atoms with Gasteiger partial charge in [0.15, 0.2) is 12.0 Å². The van der Waals surface area contributed by atoms with Crippen molar-refractivity contribution >= 4 is 28.9 Å². The molecule has 1 aromatic rings. The first-order valence-corrected chi connectivity index (χ1v) is 4.27. The molecule has 0 radical (unpaired) electrons. The first-order chi connectivity index (χ1) is 6.06. The van der Waals surface area contributed by atoms with Crippen LogP contribution in [-0.4, -0.2) is 16.4 Å². The zero-order valence-electron chi connectivity index (χ0n) is 6.17. The average molecular weight is 299 g/mol. The summed E-state index contributed by atoms with van der Waals surface area (Å²) in [5.74, 6) is -0.361. The maximum Gasteiger partial charge on any atom is 0.280 e. The van der Waals surface area contributed by atoms with Crippen LogP contribution >= 0.6 is 22.6 Å². The Hall–Kier alpha value is -0.790. The van der Waals surface area contributed by atoms with E-state index in [9.17, 15) is 13.6 Å². The van der Waals surface area contributed by atoms with Gasteiger partial charge in [0, 0.05) is 0 Å². The summed E-state index contributed by atoms with van der Waals surface area (Å²) in [5, 5.41) is 9.16. The summed E-state index contributed by atoms with van der Waals surface area (Å²) in [6.07, 6.45) is -2.43. The maximum absolute atomic E-state index is 12.1. The Morgan fingerprint density at radius 3 is 2.69 bits per heavy atom. The number of hydrogen-bond donors (Lipinski definition) is 1. The zero-order valence-corrected chi connectivity index (χ0v) is 8.33. The highest BCUT2D eigenvalue weighted by Crippen LogP contribution is 2.26. The molecule has 13 heavy (non-hydrogen) atoms. The molecule has 0 aliphatic rings. The van der Waals surface area contributed by atoms with Gasteiger partial charge in [-0.3, -0.25) is 4.79 Å². The van der Waals surface area contributed by atoms with Crippen molar-refractivity contribution in [3.63, 3.8) is 0 Å². The number of rotatable bonds is 2. The molecular formula is C7H4F2INO2. The second-order valence-corrected chi connectivity index (χ2v) is 3.22. The van der Waals surface area contributed by atoms with Gasteiger partial charge in [-0.25, -0.2) is 13.8 Å². The van der Waals surface area contributed by atoms with Crippen LogP contribution in [0.5, 0.6) is 5.75 Å². The van der Waals surface area contributed by atoms with Crippen molar-refractivity contribution < 1.29 is 18.7 Å². The van der Waals surface area contributed by atoms with Crippen LogP contribution < -0.4 is 0 Å². The third kappa shape index (κ3) is 2.11. The summed E-state index contributed by atoms with van der Waals surface area (Å²) >= 11 is 1.58. The second-order valence-electron chi connectivity index (χ2n) is 2.19. The highest BCUT2D eigenvalue weighted by atomic mass is 127. The second kappa shape index (κ2) is 3.95. The molecular weight excluding hydrogens is 295 g/mol. The number of pyridine rings is 1. The zero-order chi connectivity index (χ0) is 10.0. The van der Waals surface area contributed by atoms with Crippen LogP contribution in [0.1, 0.15) is 22.5 Å². The van der Waals surface area contributed by atoms with Crippen LogP contribution in [0.15, 0.2) is 6.07 Å². The van der Waals surface area contributed by atoms with Gasteiger partial charge in [0.25, 0.3) is 6.43 Å². The third-order valence-corrected chi connectivity index (χ3v) is 2.10. The van der Waals surface area contributed by atoms with Gasteiger partial charge in [-0.05, 0) is 28.7 Å². The summed E-state index contributed by atoms with van der Waals surface area (Å²) in [6, 6.07) is 0.870. The lowest BCUT2D eigenvalue weighted by Crippen LogP contribution is -1.96. The van der Waals surface area contributed by atoms with Crippen LogP contribution in [-0.2, 0) is 0 Å². The SMILES string of the molecule is O=Cc1cc(C(F)F)nc(I)c1O. The third-order valence-electron chi connectivity index (χ3n) is 1.35. The van der Waals surface area contributed by atoms with Gasteiger partial charge in [0.1, 0.15) is 9.39 Å². The van der Waals surface area contributed by atoms with E-state index in [1.807, 2.05) is 0 Å². The van der Waals surface area contributed by atoms with Crippen molar-refractivity contribution in [2.24, 2.45) is 0 Å². The predicted molar refractivity (Wildman–Crippen MR) is 49.0 cm³/mol. The van der Waals surface area contributed by atoms with Crippen LogP contribution in [0.2, 0.25) is 0 Å². The maximum atomic E-state index is 12.1. The Balaban J connectivity index is 3.30. The smallest absolute Gasteiger partial charge is 0.280 e. The molecule has 0 spiro atoms. The lowest BCUT2D eigenvalue weighted by Gasteiger charge is -2.03. The summed E-state index contributed by atoms with van der Waals surface area (Å²) in [7, 11) is 0. The molecule has 0 aromatic carbocycles. The lowest BCUT2D eigenvalue weighted by molar-refractivity contribution is 0.111. The minimum absolute atomic E-state index is 0.00231. The Labute approximate surface area is 85.9 Å². The highest BCUT2D eigenvalue weighted by molar-refractivity contribution is 14.1. The fourth-order valence-electron chi connectivity index (χ4n) is 0.747. The van der Waals surface area contributed by atoms with E-state index < -0.39 is 12.1 Å². The van der Waals surface area contributed by atoms with Crippen LogP contribution in [0.3, 0.4) is 0 Å². The van der Waals surface area contributed by atoms with Crippen LogP contribution in [0.4, 0.5) is 8.78 Å². The van der Waals surface area contributed by atoms with E-state index in [2.05, 4.69) is 4.98 Å². The Kier molecular flexibility index (Phi) is 3.12. The number of carbonyl (C=O) groups excluding carboxylic acids is 1. The largest absolute Gasteiger partial charge is 0.505 e. The van der Waals surface area contributed by atoms with Crippen LogP contribution in [0.25, 0.3) is 0 Å². The quantitative estimate of drug-likeness (QED) is 0.517. The van der Waals surface area contributed by atoms with Crippen molar-refractivity contribution in [2.75, 3.05) is 0 Å². The van der Waals surface area contributed by atoms with E-state index in [0.29, 0.717) is 6.29 Å². The fraction of sp³-hybridized carbons (Fsp3) is 0.143. The molecule has 0 aliphatic heterocycles. The van der Waals surface area contributed by atoms with E-state index in [1.54, 1.807) is 22.6 Å². The van der Waals surface area contributed by atoms with E-state index in [-0.39, 0.29) is 15.0 Å². The molecule has 6 heteroatoms. The van der Waals surface area contributed by atoms with Gasteiger partial charge >= 0.3 is 0 Å². The number of hydrogen-bond acceptors (Lipinski definition) is 3. The molecule has 0 fully saturated rings. The summed E-state index contributed by atoms with van der Waals surface area (Å²) < 4.78 is 24.3. The highest BCUT2D eigenvalue weighted by Gasteiger charge is 2.14. The lowest BCUT2D eigenvalue weighted by atomic mass is 10.2. The molecule has 0 amide bonds.